The molecule has 2 bridgehead atoms. The van der Waals surface area contributed by atoms with Crippen LogP contribution in [0.3, 0.4) is 0 Å². The van der Waals surface area contributed by atoms with Crippen LogP contribution in [0.2, 0.25) is 0 Å². The van der Waals surface area contributed by atoms with E-state index in [1.165, 1.54) is 12.0 Å². The third-order valence-electron chi connectivity index (χ3n) is 4.59. The first-order valence-electron chi connectivity index (χ1n) is 6.53. The molecular formula is C15H20O2. The maximum absolute atomic E-state index is 10.5. The lowest BCUT2D eigenvalue weighted by atomic mass is 9.83. The van der Waals surface area contributed by atoms with E-state index >= 15 is 0 Å². The second kappa shape index (κ2) is 3.74. The maximum atomic E-state index is 10.5. The molecule has 3 rings (SSSR count). The largest absolute Gasteiger partial charge is 0.487 e. The second-order valence-corrected chi connectivity index (χ2v) is 5.85. The van der Waals surface area contributed by atoms with Crippen molar-refractivity contribution in [2.75, 3.05) is 0 Å². The summed E-state index contributed by atoms with van der Waals surface area (Å²) in [5.41, 5.74) is 0.588. The highest BCUT2D eigenvalue weighted by Crippen LogP contribution is 2.51. The number of aliphatic hydroxyl groups is 1. The SMILES string of the molecule is Cc1ccc(OC2C3CCC(C3)C2(C)O)cc1. The topological polar surface area (TPSA) is 29.5 Å². The van der Waals surface area contributed by atoms with Crippen LogP contribution in [-0.4, -0.2) is 16.8 Å². The molecule has 0 radical (unpaired) electrons. The number of ether oxygens (including phenoxy) is 1. The zero-order valence-electron chi connectivity index (χ0n) is 10.5. The number of hydrogen-bond donors (Lipinski definition) is 1. The van der Waals surface area contributed by atoms with Crippen LogP contribution < -0.4 is 4.74 Å². The zero-order valence-corrected chi connectivity index (χ0v) is 10.5. The summed E-state index contributed by atoms with van der Waals surface area (Å²) in [6, 6.07) is 8.10. The standard InChI is InChI=1S/C15H20O2/c1-10-3-7-13(8-4-10)17-14-11-5-6-12(9-11)15(14,2)16/h3-4,7-8,11-12,14,16H,5-6,9H2,1-2H3. The summed E-state index contributed by atoms with van der Waals surface area (Å²) in [7, 11) is 0. The molecule has 0 saturated heterocycles. The molecule has 2 aliphatic rings. The molecule has 4 atom stereocenters. The van der Waals surface area contributed by atoms with Crippen LogP contribution in [-0.2, 0) is 0 Å². The van der Waals surface area contributed by atoms with E-state index < -0.39 is 5.60 Å². The van der Waals surface area contributed by atoms with E-state index in [-0.39, 0.29) is 6.10 Å². The molecule has 2 aliphatic carbocycles. The molecular weight excluding hydrogens is 212 g/mol. The van der Waals surface area contributed by atoms with Crippen molar-refractivity contribution in [2.45, 2.75) is 44.8 Å². The Balaban J connectivity index is 1.79. The van der Waals surface area contributed by atoms with Crippen molar-refractivity contribution in [3.8, 4) is 5.75 Å². The molecule has 0 spiro atoms. The lowest BCUT2D eigenvalue weighted by Crippen LogP contribution is -2.47. The fourth-order valence-corrected chi connectivity index (χ4v) is 3.51. The molecule has 0 heterocycles. The van der Waals surface area contributed by atoms with Crippen molar-refractivity contribution in [1.29, 1.82) is 0 Å². The summed E-state index contributed by atoms with van der Waals surface area (Å²) in [6.45, 7) is 4.01. The lowest BCUT2D eigenvalue weighted by Gasteiger charge is -2.36. The minimum absolute atomic E-state index is 0.0241. The van der Waals surface area contributed by atoms with Crippen molar-refractivity contribution >= 4 is 0 Å². The van der Waals surface area contributed by atoms with Crippen molar-refractivity contribution in [3.05, 3.63) is 29.8 Å². The summed E-state index contributed by atoms with van der Waals surface area (Å²) >= 11 is 0. The van der Waals surface area contributed by atoms with Crippen LogP contribution in [0.1, 0.15) is 31.7 Å². The number of benzene rings is 1. The number of fused-ring (bicyclic) bond motifs is 2. The van der Waals surface area contributed by atoms with Gasteiger partial charge >= 0.3 is 0 Å². The monoisotopic (exact) mass is 232 g/mol. The number of aryl methyl sites for hydroxylation is 1. The first-order valence-corrected chi connectivity index (χ1v) is 6.53. The molecule has 2 heteroatoms. The van der Waals surface area contributed by atoms with Crippen LogP contribution in [0.15, 0.2) is 24.3 Å². The van der Waals surface area contributed by atoms with Gasteiger partial charge in [-0.05, 0) is 57.1 Å². The van der Waals surface area contributed by atoms with Gasteiger partial charge in [-0.3, -0.25) is 0 Å². The second-order valence-electron chi connectivity index (χ2n) is 5.85. The fourth-order valence-electron chi connectivity index (χ4n) is 3.51. The van der Waals surface area contributed by atoms with Crippen molar-refractivity contribution in [1.82, 2.24) is 0 Å². The average molecular weight is 232 g/mol. The predicted molar refractivity (Wildman–Crippen MR) is 67.0 cm³/mol. The highest BCUT2D eigenvalue weighted by Gasteiger charge is 2.56. The summed E-state index contributed by atoms with van der Waals surface area (Å²) in [5, 5.41) is 10.5. The quantitative estimate of drug-likeness (QED) is 0.849. The first kappa shape index (κ1) is 11.1. The molecule has 2 nitrogen and oxygen atoms in total. The Labute approximate surface area is 103 Å². The van der Waals surface area contributed by atoms with Crippen LogP contribution >= 0.6 is 0 Å². The van der Waals surface area contributed by atoms with E-state index in [0.717, 1.165) is 18.6 Å². The van der Waals surface area contributed by atoms with Crippen molar-refractivity contribution in [3.63, 3.8) is 0 Å². The fraction of sp³-hybridized carbons (Fsp3) is 0.600. The lowest BCUT2D eigenvalue weighted by molar-refractivity contribution is -0.0820. The van der Waals surface area contributed by atoms with Gasteiger partial charge in [0.25, 0.3) is 0 Å². The van der Waals surface area contributed by atoms with Crippen LogP contribution in [0, 0.1) is 18.8 Å². The molecule has 1 aromatic carbocycles. The van der Waals surface area contributed by atoms with Gasteiger partial charge in [0.1, 0.15) is 17.5 Å². The van der Waals surface area contributed by atoms with Gasteiger partial charge in [0.2, 0.25) is 0 Å². The Kier molecular flexibility index (Phi) is 2.44. The van der Waals surface area contributed by atoms with E-state index in [1.807, 2.05) is 19.1 Å². The molecule has 2 saturated carbocycles. The van der Waals surface area contributed by atoms with Gasteiger partial charge < -0.3 is 9.84 Å². The van der Waals surface area contributed by atoms with Crippen LogP contribution in [0.25, 0.3) is 0 Å². The van der Waals surface area contributed by atoms with E-state index in [0.29, 0.717) is 11.8 Å². The summed E-state index contributed by atoms with van der Waals surface area (Å²) in [6.07, 6.45) is 3.47. The smallest absolute Gasteiger partial charge is 0.130 e. The summed E-state index contributed by atoms with van der Waals surface area (Å²) in [4.78, 5) is 0. The summed E-state index contributed by atoms with van der Waals surface area (Å²) in [5.74, 6) is 1.85. The third-order valence-corrected chi connectivity index (χ3v) is 4.59. The zero-order chi connectivity index (χ0) is 12.0. The molecule has 17 heavy (non-hydrogen) atoms. The minimum atomic E-state index is -0.645. The molecule has 0 aliphatic heterocycles. The summed E-state index contributed by atoms with van der Waals surface area (Å²) < 4.78 is 6.03. The molecule has 4 unspecified atom stereocenters. The predicted octanol–water partition coefficient (Wildman–Crippen LogP) is 2.92. The van der Waals surface area contributed by atoms with Gasteiger partial charge in [-0.1, -0.05) is 17.7 Å². The Hall–Kier alpha value is -1.02. The Morgan fingerprint density at radius 2 is 1.94 bits per heavy atom. The van der Waals surface area contributed by atoms with Gasteiger partial charge in [0.05, 0.1) is 0 Å². The Morgan fingerprint density at radius 3 is 2.53 bits per heavy atom. The van der Waals surface area contributed by atoms with Crippen molar-refractivity contribution < 1.29 is 9.84 Å². The van der Waals surface area contributed by atoms with Gasteiger partial charge in [-0.25, -0.2) is 0 Å². The molecule has 1 aromatic rings. The van der Waals surface area contributed by atoms with E-state index in [1.54, 1.807) is 0 Å². The number of rotatable bonds is 2. The van der Waals surface area contributed by atoms with Gasteiger partial charge in [0.15, 0.2) is 0 Å². The molecule has 1 N–H and O–H groups in total. The van der Waals surface area contributed by atoms with Crippen molar-refractivity contribution in [2.24, 2.45) is 11.8 Å². The van der Waals surface area contributed by atoms with Gasteiger partial charge in [-0.15, -0.1) is 0 Å². The Morgan fingerprint density at radius 1 is 1.24 bits per heavy atom. The molecule has 0 amide bonds. The van der Waals surface area contributed by atoms with Gasteiger partial charge in [-0.2, -0.15) is 0 Å². The molecule has 92 valence electrons. The minimum Gasteiger partial charge on any atom is -0.487 e. The van der Waals surface area contributed by atoms with E-state index in [9.17, 15) is 5.11 Å². The molecule has 2 fully saturated rings. The normalized spacial score (nSPS) is 39.6. The maximum Gasteiger partial charge on any atom is 0.130 e. The third kappa shape index (κ3) is 1.75. The Bertz CT molecular complexity index is 407. The highest BCUT2D eigenvalue weighted by molar-refractivity contribution is 5.27. The van der Waals surface area contributed by atoms with E-state index in [2.05, 4.69) is 19.1 Å². The molecule has 0 aromatic heterocycles. The number of hydrogen-bond acceptors (Lipinski definition) is 2. The van der Waals surface area contributed by atoms with Crippen LogP contribution in [0.4, 0.5) is 0 Å². The highest BCUT2D eigenvalue weighted by atomic mass is 16.5. The van der Waals surface area contributed by atoms with Gasteiger partial charge in [0, 0.05) is 0 Å². The van der Waals surface area contributed by atoms with Crippen LogP contribution in [0.5, 0.6) is 5.75 Å². The average Bonchev–Trinajstić information content (AvgIpc) is 2.84. The first-order chi connectivity index (χ1) is 8.07. The van der Waals surface area contributed by atoms with E-state index in [4.69, 9.17) is 4.74 Å².